The van der Waals surface area contributed by atoms with E-state index in [0.29, 0.717) is 6.10 Å². The zero-order valence-electron chi connectivity index (χ0n) is 12.6. The zero-order valence-corrected chi connectivity index (χ0v) is 12.6. The van der Waals surface area contributed by atoms with E-state index >= 15 is 0 Å². The fourth-order valence-electron chi connectivity index (χ4n) is 2.69. The molecule has 1 aromatic carbocycles. The maximum absolute atomic E-state index is 5.74. The lowest BCUT2D eigenvalue weighted by atomic mass is 10.1. The van der Waals surface area contributed by atoms with E-state index in [1.54, 1.807) is 0 Å². The summed E-state index contributed by atoms with van der Waals surface area (Å²) in [5.74, 6) is 0. The third-order valence-corrected chi connectivity index (χ3v) is 4.02. The first-order chi connectivity index (χ1) is 9.88. The minimum Gasteiger partial charge on any atom is -0.381 e. The van der Waals surface area contributed by atoms with Crippen molar-refractivity contribution in [1.82, 2.24) is 4.90 Å². The molecule has 0 aliphatic carbocycles. The first kappa shape index (κ1) is 15.5. The van der Waals surface area contributed by atoms with Gasteiger partial charge in [-0.2, -0.15) is 0 Å². The van der Waals surface area contributed by atoms with Crippen molar-refractivity contribution in [1.29, 1.82) is 0 Å². The number of nitrogens with zero attached hydrogens (tertiary/aromatic N) is 1. The number of likely N-dealkylation sites (tertiary alicyclic amines) is 1. The van der Waals surface area contributed by atoms with Crippen molar-refractivity contribution >= 4 is 0 Å². The van der Waals surface area contributed by atoms with E-state index in [1.807, 2.05) is 7.11 Å². The van der Waals surface area contributed by atoms with E-state index in [1.165, 1.54) is 5.56 Å². The van der Waals surface area contributed by atoms with Gasteiger partial charge in [-0.3, -0.25) is 0 Å². The zero-order chi connectivity index (χ0) is 14.0. The Labute approximate surface area is 122 Å². The molecule has 2 rings (SSSR count). The van der Waals surface area contributed by atoms with Gasteiger partial charge in [0.15, 0.2) is 0 Å². The Bertz CT molecular complexity index is 347. The number of hydrogen-bond donors (Lipinski definition) is 0. The van der Waals surface area contributed by atoms with E-state index in [4.69, 9.17) is 9.47 Å². The van der Waals surface area contributed by atoms with Crippen molar-refractivity contribution in [2.75, 3.05) is 40.0 Å². The Morgan fingerprint density at radius 2 is 1.85 bits per heavy atom. The van der Waals surface area contributed by atoms with Crippen molar-refractivity contribution in [3.63, 3.8) is 0 Å². The largest absolute Gasteiger partial charge is 0.381 e. The average Bonchev–Trinajstić information content (AvgIpc) is 2.52. The molecule has 0 radical (unpaired) electrons. The number of ether oxygens (including phenoxy) is 2. The van der Waals surface area contributed by atoms with Crippen molar-refractivity contribution in [2.45, 2.75) is 31.8 Å². The highest BCUT2D eigenvalue weighted by atomic mass is 16.5. The maximum Gasteiger partial charge on any atom is 0.0595 e. The van der Waals surface area contributed by atoms with E-state index < -0.39 is 0 Å². The van der Waals surface area contributed by atoms with Gasteiger partial charge >= 0.3 is 0 Å². The van der Waals surface area contributed by atoms with Gasteiger partial charge in [0.25, 0.3) is 0 Å². The topological polar surface area (TPSA) is 21.7 Å². The predicted octanol–water partition coefficient (Wildman–Crippen LogP) is 2.75. The molecule has 1 aliphatic rings. The van der Waals surface area contributed by atoms with Gasteiger partial charge in [-0.15, -0.1) is 0 Å². The molecule has 1 fully saturated rings. The molecule has 0 unspecified atom stereocenters. The summed E-state index contributed by atoms with van der Waals surface area (Å²) in [7, 11) is 1.82. The van der Waals surface area contributed by atoms with Gasteiger partial charge in [0, 0.05) is 33.4 Å². The lowest BCUT2D eigenvalue weighted by Gasteiger charge is -2.30. The average molecular weight is 277 g/mol. The summed E-state index contributed by atoms with van der Waals surface area (Å²) >= 11 is 0. The second kappa shape index (κ2) is 9.11. The number of hydrogen-bond acceptors (Lipinski definition) is 3. The summed E-state index contributed by atoms with van der Waals surface area (Å²) < 4.78 is 11.1. The minimum absolute atomic E-state index is 0.470. The minimum atomic E-state index is 0.470. The van der Waals surface area contributed by atoms with Crippen LogP contribution in [0.5, 0.6) is 0 Å². The molecule has 0 atom stereocenters. The van der Waals surface area contributed by atoms with Crippen molar-refractivity contribution in [3.8, 4) is 0 Å². The van der Waals surface area contributed by atoms with Gasteiger partial charge < -0.3 is 14.4 Å². The molecular formula is C17H27NO2. The normalized spacial score (nSPS) is 17.4. The summed E-state index contributed by atoms with van der Waals surface area (Å²) in [5, 5.41) is 0. The Morgan fingerprint density at radius 3 is 2.55 bits per heavy atom. The van der Waals surface area contributed by atoms with Crippen LogP contribution in [0.4, 0.5) is 0 Å². The van der Waals surface area contributed by atoms with Gasteiger partial charge in [-0.05, 0) is 31.2 Å². The molecule has 0 saturated carbocycles. The fraction of sp³-hybridized carbons (Fsp3) is 0.647. The van der Waals surface area contributed by atoms with Crippen molar-refractivity contribution in [2.24, 2.45) is 0 Å². The van der Waals surface area contributed by atoms with Crippen molar-refractivity contribution < 1.29 is 9.47 Å². The highest BCUT2D eigenvalue weighted by molar-refractivity contribution is 5.14. The monoisotopic (exact) mass is 277 g/mol. The Kier molecular flexibility index (Phi) is 7.06. The van der Waals surface area contributed by atoms with Crippen LogP contribution in [0.25, 0.3) is 0 Å². The Balaban J connectivity index is 1.46. The van der Waals surface area contributed by atoms with Gasteiger partial charge in [-0.25, -0.2) is 0 Å². The molecule has 0 aromatic heterocycles. The highest BCUT2D eigenvalue weighted by Crippen LogP contribution is 2.12. The second-order valence-corrected chi connectivity index (χ2v) is 5.48. The summed E-state index contributed by atoms with van der Waals surface area (Å²) in [6, 6.07) is 10.6. The summed E-state index contributed by atoms with van der Waals surface area (Å²) in [6.45, 7) is 5.06. The summed E-state index contributed by atoms with van der Waals surface area (Å²) in [4.78, 5) is 2.48. The molecule has 0 spiro atoms. The van der Waals surface area contributed by atoms with Gasteiger partial charge in [0.1, 0.15) is 0 Å². The van der Waals surface area contributed by atoms with Crippen molar-refractivity contribution in [3.05, 3.63) is 35.9 Å². The molecule has 1 heterocycles. The van der Waals surface area contributed by atoms with Gasteiger partial charge in [-0.1, -0.05) is 30.3 Å². The lowest BCUT2D eigenvalue weighted by molar-refractivity contribution is 0.0285. The van der Waals surface area contributed by atoms with E-state index in [-0.39, 0.29) is 0 Å². The molecule has 1 aliphatic heterocycles. The van der Waals surface area contributed by atoms with Crippen LogP contribution in [0, 0.1) is 0 Å². The van der Waals surface area contributed by atoms with Crippen LogP contribution in [0.15, 0.2) is 30.3 Å². The second-order valence-electron chi connectivity index (χ2n) is 5.48. The Hall–Kier alpha value is -0.900. The third-order valence-electron chi connectivity index (χ3n) is 4.02. The van der Waals surface area contributed by atoms with Crippen LogP contribution in [0.1, 0.15) is 24.8 Å². The van der Waals surface area contributed by atoms with Crippen LogP contribution in [0.3, 0.4) is 0 Å². The molecule has 0 bridgehead atoms. The quantitative estimate of drug-likeness (QED) is 0.682. The summed E-state index contributed by atoms with van der Waals surface area (Å²) in [5.41, 5.74) is 1.40. The van der Waals surface area contributed by atoms with Crippen LogP contribution in [-0.2, 0) is 15.9 Å². The standard InChI is InChI=1S/C17H27NO2/c1-19-17-9-11-18(12-10-17)13-15-20-14-5-8-16-6-3-2-4-7-16/h2-4,6-7,17H,5,8-15H2,1H3. The molecule has 112 valence electrons. The first-order valence-corrected chi connectivity index (χ1v) is 7.75. The van der Waals surface area contributed by atoms with Crippen LogP contribution in [0.2, 0.25) is 0 Å². The molecule has 1 aromatic rings. The van der Waals surface area contributed by atoms with Crippen LogP contribution in [-0.4, -0.2) is 51.0 Å². The lowest BCUT2D eigenvalue weighted by Crippen LogP contribution is -2.38. The number of benzene rings is 1. The highest BCUT2D eigenvalue weighted by Gasteiger charge is 2.17. The molecular weight excluding hydrogens is 250 g/mol. The number of rotatable bonds is 8. The number of methoxy groups -OCH3 is 1. The summed E-state index contributed by atoms with van der Waals surface area (Å²) in [6.07, 6.45) is 5.00. The smallest absolute Gasteiger partial charge is 0.0595 e. The molecule has 3 nitrogen and oxygen atoms in total. The molecule has 0 N–H and O–H groups in total. The molecule has 3 heteroatoms. The molecule has 0 amide bonds. The van der Waals surface area contributed by atoms with E-state index in [2.05, 4.69) is 35.2 Å². The van der Waals surface area contributed by atoms with E-state index in [0.717, 1.165) is 58.5 Å². The first-order valence-electron chi connectivity index (χ1n) is 7.75. The van der Waals surface area contributed by atoms with Crippen LogP contribution >= 0.6 is 0 Å². The predicted molar refractivity (Wildman–Crippen MR) is 82.1 cm³/mol. The number of aryl methyl sites for hydroxylation is 1. The van der Waals surface area contributed by atoms with E-state index in [9.17, 15) is 0 Å². The SMILES string of the molecule is COC1CCN(CCOCCCc2ccccc2)CC1. The molecule has 1 saturated heterocycles. The third kappa shape index (κ3) is 5.61. The molecule has 20 heavy (non-hydrogen) atoms. The Morgan fingerprint density at radius 1 is 1.10 bits per heavy atom. The number of piperidine rings is 1. The maximum atomic E-state index is 5.74. The fourth-order valence-corrected chi connectivity index (χ4v) is 2.69. The van der Waals surface area contributed by atoms with Gasteiger partial charge in [0.05, 0.1) is 12.7 Å². The van der Waals surface area contributed by atoms with Crippen LogP contribution < -0.4 is 0 Å². The van der Waals surface area contributed by atoms with Gasteiger partial charge in [0.2, 0.25) is 0 Å².